The van der Waals surface area contributed by atoms with Crippen molar-refractivity contribution in [2.24, 2.45) is 13.0 Å². The van der Waals surface area contributed by atoms with E-state index in [0.29, 0.717) is 23.8 Å². The van der Waals surface area contributed by atoms with E-state index in [-0.39, 0.29) is 18.0 Å². The van der Waals surface area contributed by atoms with Crippen molar-refractivity contribution in [3.05, 3.63) is 23.1 Å². The third-order valence-corrected chi connectivity index (χ3v) is 6.44. The molecule has 2 N–H and O–H groups in total. The maximum absolute atomic E-state index is 11.9. The number of anilines is 1. The summed E-state index contributed by atoms with van der Waals surface area (Å²) < 4.78 is 1.93. The molecule has 31 heavy (non-hydrogen) atoms. The van der Waals surface area contributed by atoms with E-state index < -0.39 is 0 Å². The molecule has 0 aromatic carbocycles. The third-order valence-electron chi connectivity index (χ3n) is 6.16. The number of hydrogen-bond donors (Lipinski definition) is 2. The Labute approximate surface area is 188 Å². The van der Waals surface area contributed by atoms with Crippen LogP contribution in [-0.4, -0.2) is 37.7 Å². The van der Waals surface area contributed by atoms with E-state index in [1.165, 1.54) is 18.5 Å². The Hall–Kier alpha value is -2.59. The van der Waals surface area contributed by atoms with Crippen molar-refractivity contribution >= 4 is 23.5 Å². The quantitative estimate of drug-likeness (QED) is 0.611. The van der Waals surface area contributed by atoms with Gasteiger partial charge in [0.05, 0.1) is 23.1 Å². The van der Waals surface area contributed by atoms with Crippen LogP contribution in [0.25, 0.3) is 11.3 Å². The highest BCUT2D eigenvalue weighted by Gasteiger charge is 2.27. The number of rotatable bonds is 8. The largest absolute Gasteiger partial charge is 0.353 e. The topological polar surface area (TPSA) is 84.7 Å². The van der Waals surface area contributed by atoms with Crippen molar-refractivity contribution in [3.63, 3.8) is 0 Å². The van der Waals surface area contributed by atoms with Crippen molar-refractivity contribution < 1.29 is 4.79 Å². The van der Waals surface area contributed by atoms with Gasteiger partial charge in [0.25, 0.3) is 0 Å². The Morgan fingerprint density at radius 2 is 1.97 bits per heavy atom. The molecular formula is C23H29ClN6O. The molecule has 2 aliphatic carbocycles. The highest BCUT2D eigenvalue weighted by Crippen LogP contribution is 2.37. The lowest BCUT2D eigenvalue weighted by atomic mass is 9.91. The molecule has 2 aromatic rings. The Morgan fingerprint density at radius 1 is 1.23 bits per heavy atom. The molecule has 0 bridgehead atoms. The summed E-state index contributed by atoms with van der Waals surface area (Å²) in [6.45, 7) is 0. The molecule has 0 spiro atoms. The van der Waals surface area contributed by atoms with E-state index in [9.17, 15) is 4.79 Å². The van der Waals surface area contributed by atoms with Crippen LogP contribution in [0.2, 0.25) is 5.02 Å². The summed E-state index contributed by atoms with van der Waals surface area (Å²) in [4.78, 5) is 21.0. The van der Waals surface area contributed by atoms with Gasteiger partial charge in [-0.2, -0.15) is 5.10 Å². The first kappa shape index (κ1) is 21.6. The van der Waals surface area contributed by atoms with Gasteiger partial charge in [0.1, 0.15) is 0 Å². The van der Waals surface area contributed by atoms with Gasteiger partial charge >= 0.3 is 0 Å². The second kappa shape index (κ2) is 9.69. The van der Waals surface area contributed by atoms with E-state index >= 15 is 0 Å². The summed E-state index contributed by atoms with van der Waals surface area (Å²) in [6, 6.07) is 0.484. The zero-order chi connectivity index (χ0) is 21.8. The van der Waals surface area contributed by atoms with Gasteiger partial charge in [-0.3, -0.25) is 9.48 Å². The molecule has 2 saturated carbocycles. The minimum absolute atomic E-state index is 0.0403. The number of amides is 1. The van der Waals surface area contributed by atoms with Gasteiger partial charge in [0.15, 0.2) is 0 Å². The van der Waals surface area contributed by atoms with Crippen molar-refractivity contribution in [1.82, 2.24) is 25.1 Å². The van der Waals surface area contributed by atoms with Crippen molar-refractivity contribution in [3.8, 4) is 23.6 Å². The van der Waals surface area contributed by atoms with E-state index in [4.69, 9.17) is 23.0 Å². The number of carbonyl (C=O) groups is 1. The van der Waals surface area contributed by atoms with Crippen LogP contribution in [0.5, 0.6) is 0 Å². The second-order valence-electron chi connectivity index (χ2n) is 8.63. The summed E-state index contributed by atoms with van der Waals surface area (Å²) >= 11 is 6.47. The fourth-order valence-corrected chi connectivity index (χ4v) is 4.37. The predicted octanol–water partition coefficient (Wildman–Crippen LogP) is 3.74. The fraction of sp³-hybridized carbons (Fsp3) is 0.565. The Balaban J connectivity index is 1.38. The first-order valence-electron chi connectivity index (χ1n) is 11.1. The highest BCUT2D eigenvalue weighted by molar-refractivity contribution is 6.32. The number of hydrogen-bond acceptors (Lipinski definition) is 5. The molecule has 7 nitrogen and oxygen atoms in total. The van der Waals surface area contributed by atoms with Crippen LogP contribution >= 0.6 is 11.6 Å². The van der Waals surface area contributed by atoms with E-state index in [2.05, 4.69) is 26.6 Å². The first-order chi connectivity index (χ1) is 15.0. The van der Waals surface area contributed by atoms with Gasteiger partial charge < -0.3 is 10.6 Å². The average Bonchev–Trinajstić information content (AvgIpc) is 3.52. The smallest absolute Gasteiger partial charge is 0.223 e. The van der Waals surface area contributed by atoms with Crippen LogP contribution in [0.3, 0.4) is 0 Å². The molecule has 4 rings (SSSR count). The Bertz CT molecular complexity index is 969. The molecule has 0 saturated heterocycles. The number of aromatic nitrogens is 4. The fourth-order valence-electron chi connectivity index (χ4n) is 4.17. The van der Waals surface area contributed by atoms with Crippen molar-refractivity contribution in [2.75, 3.05) is 5.32 Å². The number of nitrogens with zero attached hydrogens (tertiary/aromatic N) is 4. The summed E-state index contributed by atoms with van der Waals surface area (Å²) in [6.07, 6.45) is 16.9. The number of terminal acetylenes is 1. The average molecular weight is 441 g/mol. The van der Waals surface area contributed by atoms with Gasteiger partial charge in [0, 0.05) is 43.2 Å². The number of carbonyl (C=O) groups excluding carboxylic acids is 1. The first-order valence-corrected chi connectivity index (χ1v) is 11.4. The van der Waals surface area contributed by atoms with Gasteiger partial charge in [-0.25, -0.2) is 9.97 Å². The van der Waals surface area contributed by atoms with Crippen molar-refractivity contribution in [1.29, 1.82) is 0 Å². The van der Waals surface area contributed by atoms with Crippen LogP contribution < -0.4 is 10.6 Å². The SMILES string of the molecule is C#CCCC(=O)NC1CCC(Nc2ncc(Cl)c(-c3cnn(C)c3CC3CC3)n2)CC1. The van der Waals surface area contributed by atoms with Crippen LogP contribution in [0, 0.1) is 18.3 Å². The Kier molecular flexibility index (Phi) is 6.77. The number of nitrogens with one attached hydrogen (secondary N) is 2. The molecule has 0 radical (unpaired) electrons. The van der Waals surface area contributed by atoms with Crippen LogP contribution in [0.1, 0.15) is 57.1 Å². The lowest BCUT2D eigenvalue weighted by Gasteiger charge is -2.29. The number of halogens is 1. The lowest BCUT2D eigenvalue weighted by molar-refractivity contribution is -0.121. The zero-order valence-electron chi connectivity index (χ0n) is 17.9. The summed E-state index contributed by atoms with van der Waals surface area (Å²) in [7, 11) is 1.97. The van der Waals surface area contributed by atoms with Crippen LogP contribution in [0.4, 0.5) is 5.95 Å². The second-order valence-corrected chi connectivity index (χ2v) is 9.04. The summed E-state index contributed by atoms with van der Waals surface area (Å²) in [5.41, 5.74) is 2.90. The predicted molar refractivity (Wildman–Crippen MR) is 122 cm³/mol. The van der Waals surface area contributed by atoms with Crippen molar-refractivity contribution in [2.45, 2.75) is 69.9 Å². The van der Waals surface area contributed by atoms with E-state index in [1.54, 1.807) is 6.20 Å². The minimum Gasteiger partial charge on any atom is -0.353 e. The van der Waals surface area contributed by atoms with Crippen LogP contribution in [-0.2, 0) is 18.3 Å². The molecule has 1 amide bonds. The minimum atomic E-state index is 0.0403. The zero-order valence-corrected chi connectivity index (χ0v) is 18.7. The maximum atomic E-state index is 11.9. The van der Waals surface area contributed by atoms with Gasteiger partial charge in [-0.05, 0) is 50.9 Å². The van der Waals surface area contributed by atoms with Gasteiger partial charge in [0.2, 0.25) is 11.9 Å². The molecule has 0 unspecified atom stereocenters. The molecular weight excluding hydrogens is 412 g/mol. The molecule has 2 fully saturated rings. The molecule has 0 aliphatic heterocycles. The molecule has 164 valence electrons. The molecule has 8 heteroatoms. The highest BCUT2D eigenvalue weighted by atomic mass is 35.5. The van der Waals surface area contributed by atoms with Crippen LogP contribution in [0.15, 0.2) is 12.4 Å². The normalized spacial score (nSPS) is 20.8. The lowest BCUT2D eigenvalue weighted by Crippen LogP contribution is -2.40. The number of aryl methyl sites for hydroxylation is 1. The summed E-state index contributed by atoms with van der Waals surface area (Å²) in [5.74, 6) is 3.88. The van der Waals surface area contributed by atoms with E-state index in [1.807, 2.05) is 17.9 Å². The van der Waals surface area contributed by atoms with E-state index in [0.717, 1.165) is 49.3 Å². The standard InChI is InChI=1S/C23H29ClN6O/c1-3-4-5-21(31)27-16-8-10-17(11-9-16)28-23-25-14-19(24)22(29-23)18-13-26-30(2)20(18)12-15-6-7-15/h1,13-17H,4-12H2,2H3,(H,27,31)(H,25,28,29). The molecule has 2 aliphatic rings. The summed E-state index contributed by atoms with van der Waals surface area (Å²) in [5, 5.41) is 11.5. The molecule has 2 aromatic heterocycles. The van der Waals surface area contributed by atoms with Gasteiger partial charge in [-0.15, -0.1) is 12.3 Å². The third kappa shape index (κ3) is 5.56. The molecule has 0 atom stereocenters. The Morgan fingerprint density at radius 3 is 2.68 bits per heavy atom. The van der Waals surface area contributed by atoms with Gasteiger partial charge in [-0.1, -0.05) is 11.6 Å². The maximum Gasteiger partial charge on any atom is 0.223 e. The molecule has 2 heterocycles. The monoisotopic (exact) mass is 440 g/mol.